The Morgan fingerprint density at radius 1 is 0.356 bits per heavy atom. The SMILES string of the molecule is C.C=C(C)C(=O)Nc1ccc([Si](C)(C)c2ccc(-n3c4ccccc4c4ccccc43)cc2)cc1.C=C(C)C(=O)Oc1ccc([Si](C)(C)c2ccc(-n3c4ccccc4c4ccccc43)cc2)cc1.C=CCOc1ccc([Si](C)(C)c2ccc(-n3c4ccccc4c4ccccc43)cc2)cc1. The number of para-hydroxylation sites is 6. The van der Waals surface area contributed by atoms with Gasteiger partial charge in [0, 0.05) is 66.2 Å². The molecular weight excluding hydrogens is 1290 g/mol. The highest BCUT2D eigenvalue weighted by Crippen LogP contribution is 2.35. The van der Waals surface area contributed by atoms with E-state index >= 15 is 0 Å². The molecule has 502 valence electrons. The largest absolute Gasteiger partial charge is 0.490 e. The first-order chi connectivity index (χ1) is 48.3. The van der Waals surface area contributed by atoms with Crippen LogP contribution < -0.4 is 45.9 Å². The molecule has 0 aliphatic rings. The average Bonchev–Trinajstić information content (AvgIpc) is 1.61. The van der Waals surface area contributed by atoms with Crippen molar-refractivity contribution >= 4 is 138 Å². The second kappa shape index (κ2) is 29.2. The molecule has 15 aromatic rings. The molecular formula is C90H86N4O4Si3. The van der Waals surface area contributed by atoms with Gasteiger partial charge in [-0.3, -0.25) is 4.79 Å². The van der Waals surface area contributed by atoms with Gasteiger partial charge in [-0.05, 0) is 123 Å². The smallest absolute Gasteiger partial charge is 0.338 e. The molecule has 0 radical (unpaired) electrons. The fraction of sp³-hybridized carbons (Fsp3) is 0.111. The Hall–Kier alpha value is -11.3. The molecule has 101 heavy (non-hydrogen) atoms. The minimum absolute atomic E-state index is 0. The number of fused-ring (bicyclic) bond motifs is 9. The Balaban J connectivity index is 0.000000143. The summed E-state index contributed by atoms with van der Waals surface area (Å²) in [6, 6.07) is 104. The van der Waals surface area contributed by atoms with E-state index in [-0.39, 0.29) is 13.3 Å². The summed E-state index contributed by atoms with van der Waals surface area (Å²) < 4.78 is 18.1. The van der Waals surface area contributed by atoms with Gasteiger partial charge in [0.15, 0.2) is 0 Å². The van der Waals surface area contributed by atoms with Crippen LogP contribution >= 0.6 is 0 Å². The normalized spacial score (nSPS) is 11.5. The highest BCUT2D eigenvalue weighted by molar-refractivity contribution is 7.01. The van der Waals surface area contributed by atoms with Gasteiger partial charge in [-0.15, -0.1) is 0 Å². The molecule has 1 N–H and O–H groups in total. The van der Waals surface area contributed by atoms with Crippen LogP contribution in [0.2, 0.25) is 39.3 Å². The van der Waals surface area contributed by atoms with Gasteiger partial charge >= 0.3 is 5.97 Å². The summed E-state index contributed by atoms with van der Waals surface area (Å²) in [7, 11) is -5.63. The summed E-state index contributed by atoms with van der Waals surface area (Å²) in [6.45, 7) is 29.2. The fourth-order valence-corrected chi connectivity index (χ4v) is 20.6. The third kappa shape index (κ3) is 13.9. The van der Waals surface area contributed by atoms with Gasteiger partial charge in [0.05, 0.1) is 33.1 Å². The molecule has 0 saturated carbocycles. The summed E-state index contributed by atoms with van der Waals surface area (Å²) in [5.41, 5.74) is 12.6. The molecule has 15 rings (SSSR count). The van der Waals surface area contributed by atoms with Crippen LogP contribution in [0.25, 0.3) is 82.5 Å². The maximum absolute atomic E-state index is 11.9. The molecule has 0 bridgehead atoms. The molecule has 0 atom stereocenters. The third-order valence-electron chi connectivity index (χ3n) is 19.6. The van der Waals surface area contributed by atoms with E-state index in [2.05, 4.69) is 345 Å². The zero-order chi connectivity index (χ0) is 69.9. The number of aromatic nitrogens is 3. The predicted octanol–water partition coefficient (Wildman–Crippen LogP) is 19.0. The molecule has 0 fully saturated rings. The number of nitrogens with one attached hydrogen (secondary N) is 1. The number of anilines is 1. The van der Waals surface area contributed by atoms with Crippen LogP contribution in [0.3, 0.4) is 0 Å². The number of rotatable bonds is 16. The molecule has 0 unspecified atom stereocenters. The zero-order valence-electron chi connectivity index (χ0n) is 58.1. The van der Waals surface area contributed by atoms with E-state index in [1.165, 1.54) is 108 Å². The van der Waals surface area contributed by atoms with E-state index < -0.39 is 30.2 Å². The summed E-state index contributed by atoms with van der Waals surface area (Å²) in [5.74, 6) is 0.887. The highest BCUT2D eigenvalue weighted by Gasteiger charge is 2.29. The standard InChI is InChI=1S/C30H28N2OSi.C30H27NO2Si.C29H27NOSi.CH4/c1-21(2)30(33)31-22-13-17-24(18-14-22)34(3,4)25-19-15-23(16-20-25)32-28-11-7-5-9-26(28)27-10-6-8-12-29(27)32;1-21(2)30(32)33-23-15-19-25(20-16-23)34(3,4)24-17-13-22(14-18-24)31-28-11-7-5-9-26(28)27-10-6-8-12-29(27)31;1-4-21-31-23-15-19-25(20-16-23)32(2,3)24-17-13-22(14-18-24)30-28-11-7-5-9-26(28)27-10-6-8-12-29(27)30;/h5-20H,1H2,2-4H3,(H,31,33);5-20H,1H2,2-4H3;4-20H,1,21H2,2-3H3;1H4. The van der Waals surface area contributed by atoms with Crippen LogP contribution in [0, 0.1) is 0 Å². The quantitative estimate of drug-likeness (QED) is 0.0344. The Morgan fingerprint density at radius 3 is 0.861 bits per heavy atom. The summed E-state index contributed by atoms with van der Waals surface area (Å²) in [4.78, 5) is 23.7. The van der Waals surface area contributed by atoms with Gasteiger partial charge < -0.3 is 28.5 Å². The monoisotopic (exact) mass is 1370 g/mol. The minimum atomic E-state index is -1.92. The number of hydrogen-bond acceptors (Lipinski definition) is 4. The number of benzene rings is 12. The van der Waals surface area contributed by atoms with Crippen molar-refractivity contribution in [3.05, 3.63) is 328 Å². The van der Waals surface area contributed by atoms with Gasteiger partial charge in [0.2, 0.25) is 0 Å². The first-order valence-electron chi connectivity index (χ1n) is 34.0. The molecule has 0 saturated heterocycles. The molecule has 0 spiro atoms. The van der Waals surface area contributed by atoms with Gasteiger partial charge in [-0.1, -0.05) is 286 Å². The zero-order valence-corrected chi connectivity index (χ0v) is 61.1. The maximum Gasteiger partial charge on any atom is 0.338 e. The number of ether oxygens (including phenoxy) is 2. The Labute approximate surface area is 596 Å². The van der Waals surface area contributed by atoms with Crippen LogP contribution in [-0.4, -0.2) is 56.4 Å². The second-order valence-electron chi connectivity index (χ2n) is 27.3. The molecule has 3 heterocycles. The van der Waals surface area contributed by atoms with Crippen molar-refractivity contribution in [2.24, 2.45) is 0 Å². The molecule has 8 nitrogen and oxygen atoms in total. The van der Waals surface area contributed by atoms with Crippen molar-refractivity contribution in [3.63, 3.8) is 0 Å². The lowest BCUT2D eigenvalue weighted by molar-refractivity contribution is -0.130. The molecule has 0 aliphatic carbocycles. The van der Waals surface area contributed by atoms with E-state index in [1.807, 2.05) is 24.3 Å². The van der Waals surface area contributed by atoms with E-state index in [4.69, 9.17) is 9.47 Å². The number of carbonyl (C=O) groups is 2. The van der Waals surface area contributed by atoms with Crippen LogP contribution in [0.5, 0.6) is 11.5 Å². The third-order valence-corrected chi connectivity index (χ3v) is 30.3. The maximum atomic E-state index is 11.9. The minimum Gasteiger partial charge on any atom is -0.490 e. The van der Waals surface area contributed by atoms with Gasteiger partial charge in [0.1, 0.15) is 42.3 Å². The van der Waals surface area contributed by atoms with Crippen molar-refractivity contribution in [1.29, 1.82) is 0 Å². The van der Waals surface area contributed by atoms with Crippen LogP contribution in [0.15, 0.2) is 328 Å². The molecule has 12 aromatic carbocycles. The van der Waals surface area contributed by atoms with Crippen molar-refractivity contribution in [2.45, 2.75) is 60.6 Å². The van der Waals surface area contributed by atoms with E-state index in [0.29, 0.717) is 23.5 Å². The lowest BCUT2D eigenvalue weighted by atomic mass is 10.2. The Kier molecular flexibility index (Phi) is 20.1. The summed E-state index contributed by atoms with van der Waals surface area (Å²) >= 11 is 0. The fourth-order valence-electron chi connectivity index (χ4n) is 13.6. The number of nitrogens with zero attached hydrogens (tertiary/aromatic N) is 3. The number of hydrogen-bond donors (Lipinski definition) is 1. The average molecular weight is 1370 g/mol. The van der Waals surface area contributed by atoms with E-state index in [9.17, 15) is 9.59 Å². The van der Waals surface area contributed by atoms with Crippen LogP contribution in [-0.2, 0) is 9.59 Å². The first kappa shape index (κ1) is 69.5. The van der Waals surface area contributed by atoms with Gasteiger partial charge in [0.25, 0.3) is 5.91 Å². The summed E-state index contributed by atoms with van der Waals surface area (Å²) in [5, 5.41) is 18.7. The Morgan fingerprint density at radius 2 is 0.604 bits per heavy atom. The van der Waals surface area contributed by atoms with E-state index in [1.54, 1.807) is 19.9 Å². The number of esters is 1. The van der Waals surface area contributed by atoms with Crippen molar-refractivity contribution in [1.82, 2.24) is 13.7 Å². The second-order valence-corrected chi connectivity index (χ2v) is 40.5. The van der Waals surface area contributed by atoms with Crippen LogP contribution in [0.1, 0.15) is 21.3 Å². The number of carbonyl (C=O) groups excluding carboxylic acids is 2. The van der Waals surface area contributed by atoms with Crippen LogP contribution in [0.4, 0.5) is 5.69 Å². The lowest BCUT2D eigenvalue weighted by Crippen LogP contribution is -2.52. The van der Waals surface area contributed by atoms with Gasteiger partial charge in [-0.2, -0.15) is 0 Å². The molecule has 3 aromatic heterocycles. The van der Waals surface area contributed by atoms with Gasteiger partial charge in [-0.25, -0.2) is 4.79 Å². The van der Waals surface area contributed by atoms with Crippen molar-refractivity contribution < 1.29 is 19.1 Å². The molecule has 11 heteroatoms. The molecule has 1 amide bonds. The van der Waals surface area contributed by atoms with Crippen molar-refractivity contribution in [3.8, 4) is 28.6 Å². The topological polar surface area (TPSA) is 79.4 Å². The number of amides is 1. The first-order valence-corrected chi connectivity index (χ1v) is 43.0. The van der Waals surface area contributed by atoms with Crippen molar-refractivity contribution in [2.75, 3.05) is 11.9 Å². The molecule has 0 aliphatic heterocycles. The Bertz CT molecular complexity index is 5150. The lowest BCUT2D eigenvalue weighted by Gasteiger charge is -2.24. The van der Waals surface area contributed by atoms with E-state index in [0.717, 1.165) is 17.1 Å². The predicted molar refractivity (Wildman–Crippen MR) is 438 cm³/mol. The highest BCUT2D eigenvalue weighted by atomic mass is 28.3. The summed E-state index contributed by atoms with van der Waals surface area (Å²) in [6.07, 6.45) is 1.77.